The van der Waals surface area contributed by atoms with E-state index in [2.05, 4.69) is 0 Å². The van der Waals surface area contributed by atoms with Gasteiger partial charge in [-0.1, -0.05) is 48.5 Å². The highest BCUT2D eigenvalue weighted by molar-refractivity contribution is 5.82. The van der Waals surface area contributed by atoms with Gasteiger partial charge in [-0.3, -0.25) is 4.79 Å². The number of esters is 2. The number of benzene rings is 2. The fourth-order valence-corrected chi connectivity index (χ4v) is 2.24. The van der Waals surface area contributed by atoms with Gasteiger partial charge in [0.1, 0.15) is 5.82 Å². The zero-order valence-electron chi connectivity index (χ0n) is 14.1. The lowest BCUT2D eigenvalue weighted by Gasteiger charge is -2.13. The maximum absolute atomic E-state index is 14.4. The molecule has 0 heterocycles. The lowest BCUT2D eigenvalue weighted by atomic mass is 9.97. The van der Waals surface area contributed by atoms with Crippen molar-refractivity contribution in [3.05, 3.63) is 72.1 Å². The molecule has 0 aromatic heterocycles. The summed E-state index contributed by atoms with van der Waals surface area (Å²) < 4.78 is 24.0. The van der Waals surface area contributed by atoms with Gasteiger partial charge in [-0.25, -0.2) is 9.18 Å². The Hall–Kier alpha value is -2.95. The summed E-state index contributed by atoms with van der Waals surface area (Å²) in [6.07, 6.45) is 2.73. The maximum Gasteiger partial charge on any atom is 0.333 e. The molecular weight excluding hydrogens is 323 g/mol. The van der Waals surface area contributed by atoms with E-state index in [0.717, 1.165) is 5.56 Å². The van der Waals surface area contributed by atoms with Gasteiger partial charge in [0.15, 0.2) is 0 Å². The third kappa shape index (κ3) is 5.01. The summed E-state index contributed by atoms with van der Waals surface area (Å²) in [4.78, 5) is 23.1. The molecule has 0 fully saturated rings. The van der Waals surface area contributed by atoms with Gasteiger partial charge in [0.25, 0.3) is 0 Å². The third-order valence-electron chi connectivity index (χ3n) is 3.64. The molecule has 0 N–H and O–H groups in total. The van der Waals surface area contributed by atoms with Crippen molar-refractivity contribution >= 4 is 11.9 Å². The molecule has 0 aliphatic heterocycles. The summed E-state index contributed by atoms with van der Waals surface area (Å²) >= 11 is 0. The molecule has 2 rings (SSSR count). The second-order valence-electron chi connectivity index (χ2n) is 5.37. The Kier molecular flexibility index (Phi) is 6.46. The Bertz CT molecular complexity index is 769. The monoisotopic (exact) mass is 342 g/mol. The highest BCUT2D eigenvalue weighted by Crippen LogP contribution is 2.26. The van der Waals surface area contributed by atoms with E-state index in [1.165, 1.54) is 18.2 Å². The lowest BCUT2D eigenvalue weighted by Crippen LogP contribution is -2.16. The fraction of sp³-hybridized carbons (Fsp3) is 0.200. The van der Waals surface area contributed by atoms with Crippen molar-refractivity contribution in [3.63, 3.8) is 0 Å². The van der Waals surface area contributed by atoms with Crippen molar-refractivity contribution in [2.24, 2.45) is 0 Å². The number of rotatable bonds is 6. The first kappa shape index (κ1) is 18.4. The van der Waals surface area contributed by atoms with E-state index in [0.29, 0.717) is 11.1 Å². The van der Waals surface area contributed by atoms with Gasteiger partial charge in [-0.2, -0.15) is 0 Å². The van der Waals surface area contributed by atoms with Gasteiger partial charge < -0.3 is 9.47 Å². The molecule has 0 aliphatic rings. The molecule has 0 amide bonds. The zero-order valence-corrected chi connectivity index (χ0v) is 14.1. The van der Waals surface area contributed by atoms with Crippen LogP contribution in [0.15, 0.2) is 60.7 Å². The third-order valence-corrected chi connectivity index (χ3v) is 3.64. The average molecular weight is 342 g/mol. The number of halogens is 1. The molecule has 0 spiro atoms. The fourth-order valence-electron chi connectivity index (χ4n) is 2.24. The predicted molar refractivity (Wildman–Crippen MR) is 92.1 cm³/mol. The smallest absolute Gasteiger partial charge is 0.333 e. The van der Waals surface area contributed by atoms with Crippen LogP contribution in [-0.2, 0) is 19.1 Å². The first-order valence-electron chi connectivity index (χ1n) is 7.84. The molecule has 1 unspecified atom stereocenters. The van der Waals surface area contributed by atoms with Crippen molar-refractivity contribution in [1.82, 2.24) is 0 Å². The second kappa shape index (κ2) is 8.78. The van der Waals surface area contributed by atoms with E-state index in [1.807, 2.05) is 30.3 Å². The molecule has 2 aromatic rings. The van der Waals surface area contributed by atoms with Crippen LogP contribution in [-0.4, -0.2) is 18.7 Å². The van der Waals surface area contributed by atoms with Gasteiger partial charge in [0.2, 0.25) is 6.79 Å². The number of hydrogen-bond acceptors (Lipinski definition) is 4. The molecule has 0 radical (unpaired) electrons. The second-order valence-corrected chi connectivity index (χ2v) is 5.37. The molecule has 0 aliphatic carbocycles. The summed E-state index contributed by atoms with van der Waals surface area (Å²) in [5.74, 6) is -2.29. The summed E-state index contributed by atoms with van der Waals surface area (Å²) in [6.45, 7) is 2.80. The van der Waals surface area contributed by atoms with Crippen LogP contribution in [0.1, 0.15) is 25.3 Å². The first-order valence-corrected chi connectivity index (χ1v) is 7.84. The van der Waals surface area contributed by atoms with Crippen LogP contribution < -0.4 is 0 Å². The molecule has 2 aromatic carbocycles. The highest BCUT2D eigenvalue weighted by atomic mass is 19.1. The Balaban J connectivity index is 2.02. The summed E-state index contributed by atoms with van der Waals surface area (Å²) in [7, 11) is 0. The molecular formula is C20H19FO4. The summed E-state index contributed by atoms with van der Waals surface area (Å²) in [5.41, 5.74) is 1.71. The van der Waals surface area contributed by atoms with Crippen molar-refractivity contribution in [3.8, 4) is 11.1 Å². The van der Waals surface area contributed by atoms with Crippen LogP contribution in [0.4, 0.5) is 4.39 Å². The van der Waals surface area contributed by atoms with E-state index in [1.54, 1.807) is 26.0 Å². The number of carbonyl (C=O) groups excluding carboxylic acids is 2. The molecule has 4 nitrogen and oxygen atoms in total. The average Bonchev–Trinajstić information content (AvgIpc) is 2.61. The summed E-state index contributed by atoms with van der Waals surface area (Å²) in [5, 5.41) is 0. The van der Waals surface area contributed by atoms with E-state index in [4.69, 9.17) is 9.47 Å². The van der Waals surface area contributed by atoms with Crippen molar-refractivity contribution in [1.29, 1.82) is 0 Å². The van der Waals surface area contributed by atoms with Crippen LogP contribution in [0.25, 0.3) is 11.1 Å². The molecule has 5 heteroatoms. The number of carbonyl (C=O) groups is 2. The highest BCUT2D eigenvalue weighted by Gasteiger charge is 2.19. The van der Waals surface area contributed by atoms with Crippen molar-refractivity contribution in [2.75, 3.05) is 6.79 Å². The van der Waals surface area contributed by atoms with Gasteiger partial charge in [-0.05, 0) is 31.0 Å². The van der Waals surface area contributed by atoms with Gasteiger partial charge in [0, 0.05) is 11.6 Å². The van der Waals surface area contributed by atoms with Crippen LogP contribution in [0.2, 0.25) is 0 Å². The van der Waals surface area contributed by atoms with E-state index in [9.17, 15) is 14.0 Å². The van der Waals surface area contributed by atoms with Crippen molar-refractivity contribution < 1.29 is 23.5 Å². The van der Waals surface area contributed by atoms with Crippen LogP contribution in [0.3, 0.4) is 0 Å². The zero-order chi connectivity index (χ0) is 18.2. The predicted octanol–water partition coefficient (Wildman–Crippen LogP) is 4.22. The van der Waals surface area contributed by atoms with Crippen LogP contribution in [0.5, 0.6) is 0 Å². The Morgan fingerprint density at radius 1 is 1.12 bits per heavy atom. The number of ether oxygens (including phenoxy) is 2. The number of hydrogen-bond donors (Lipinski definition) is 0. The molecule has 1 atom stereocenters. The van der Waals surface area contributed by atoms with Gasteiger partial charge in [-0.15, -0.1) is 0 Å². The standard InChI is InChI=1S/C20H19FO4/c1-3-7-19(22)24-13-25-20(23)14(2)16-10-11-17(18(21)12-16)15-8-5-4-6-9-15/h3-12,14H,13H2,1-2H3. The lowest BCUT2D eigenvalue weighted by molar-refractivity contribution is -0.164. The molecule has 0 bridgehead atoms. The van der Waals surface area contributed by atoms with E-state index in [-0.39, 0.29) is 0 Å². The molecule has 25 heavy (non-hydrogen) atoms. The quantitative estimate of drug-likeness (QED) is 0.448. The SMILES string of the molecule is CC=CC(=O)OCOC(=O)C(C)c1ccc(-c2ccccc2)c(F)c1. The minimum atomic E-state index is -0.681. The Labute approximate surface area is 145 Å². The Morgan fingerprint density at radius 2 is 1.84 bits per heavy atom. The first-order chi connectivity index (χ1) is 12.0. The molecule has 130 valence electrons. The Morgan fingerprint density at radius 3 is 2.48 bits per heavy atom. The van der Waals surface area contributed by atoms with Crippen molar-refractivity contribution in [2.45, 2.75) is 19.8 Å². The van der Waals surface area contributed by atoms with Crippen LogP contribution in [0, 0.1) is 5.82 Å². The van der Waals surface area contributed by atoms with E-state index >= 15 is 0 Å². The maximum atomic E-state index is 14.4. The van der Waals surface area contributed by atoms with E-state index < -0.39 is 30.5 Å². The van der Waals surface area contributed by atoms with Crippen LogP contribution >= 0.6 is 0 Å². The van der Waals surface area contributed by atoms with Gasteiger partial charge in [0.05, 0.1) is 5.92 Å². The largest absolute Gasteiger partial charge is 0.427 e. The van der Waals surface area contributed by atoms with Gasteiger partial charge >= 0.3 is 11.9 Å². The minimum Gasteiger partial charge on any atom is -0.427 e. The topological polar surface area (TPSA) is 52.6 Å². The number of allylic oxidation sites excluding steroid dienone is 1. The minimum absolute atomic E-state index is 0.414. The normalized spacial score (nSPS) is 12.0. The molecule has 0 saturated heterocycles. The summed E-state index contributed by atoms with van der Waals surface area (Å²) in [6, 6.07) is 13.8. The molecule has 0 saturated carbocycles.